The maximum atomic E-state index is 6.13. The minimum Gasteiger partial charge on any atom is -0.485 e. The molecule has 134 valence electrons. The van der Waals surface area contributed by atoms with Crippen molar-refractivity contribution in [1.82, 2.24) is 9.97 Å². The Morgan fingerprint density at radius 1 is 1.00 bits per heavy atom. The van der Waals surface area contributed by atoms with Crippen molar-refractivity contribution >= 4 is 27.4 Å². The Hall–Kier alpha value is -3.12. The third-order valence-corrected chi connectivity index (χ3v) is 5.61. The zero-order valence-electron chi connectivity index (χ0n) is 14.5. The number of hydrogen-bond acceptors (Lipinski definition) is 6. The number of benzene rings is 2. The number of ether oxygens (including phenoxy) is 2. The minimum absolute atomic E-state index is 0.138. The molecule has 0 amide bonds. The Balaban J connectivity index is 1.41. The maximum absolute atomic E-state index is 6.13. The number of aromatic nitrogens is 2. The van der Waals surface area contributed by atoms with Crippen molar-refractivity contribution in [2.24, 2.45) is 0 Å². The van der Waals surface area contributed by atoms with E-state index < -0.39 is 0 Å². The Bertz CT molecular complexity index is 1080. The quantitative estimate of drug-likeness (QED) is 0.554. The number of fused-ring (bicyclic) bond motifs is 2. The lowest BCUT2D eigenvalue weighted by atomic mass is 10.2. The maximum Gasteiger partial charge on any atom is 0.167 e. The summed E-state index contributed by atoms with van der Waals surface area (Å²) in [6.45, 7) is 1.21. The van der Waals surface area contributed by atoms with Gasteiger partial charge in [-0.05, 0) is 23.8 Å². The van der Waals surface area contributed by atoms with Crippen LogP contribution in [0, 0.1) is 0 Å². The van der Waals surface area contributed by atoms with Crippen LogP contribution in [-0.4, -0.2) is 16.6 Å². The average molecular weight is 375 g/mol. The number of hydrogen-bond donors (Lipinski definition) is 1. The second-order valence-electron chi connectivity index (χ2n) is 6.29. The van der Waals surface area contributed by atoms with Gasteiger partial charge in [-0.1, -0.05) is 42.5 Å². The molecule has 3 heterocycles. The van der Waals surface area contributed by atoms with Gasteiger partial charge in [-0.3, -0.25) is 0 Å². The van der Waals surface area contributed by atoms with E-state index in [1.807, 2.05) is 42.5 Å². The van der Waals surface area contributed by atoms with Gasteiger partial charge in [0, 0.05) is 6.54 Å². The van der Waals surface area contributed by atoms with Crippen molar-refractivity contribution in [3.8, 4) is 11.5 Å². The molecule has 0 saturated carbocycles. The zero-order valence-corrected chi connectivity index (χ0v) is 15.3. The van der Waals surface area contributed by atoms with E-state index in [0.29, 0.717) is 13.2 Å². The van der Waals surface area contributed by atoms with Crippen LogP contribution in [-0.2, 0) is 6.54 Å². The molecule has 1 aliphatic rings. The number of para-hydroxylation sites is 2. The van der Waals surface area contributed by atoms with Crippen LogP contribution in [0.3, 0.4) is 0 Å². The summed E-state index contributed by atoms with van der Waals surface area (Å²) in [6, 6.07) is 20.1. The molecule has 5 rings (SSSR count). The molecule has 0 radical (unpaired) electrons. The van der Waals surface area contributed by atoms with Crippen LogP contribution in [0.4, 0.5) is 5.82 Å². The molecular weight excluding hydrogens is 358 g/mol. The van der Waals surface area contributed by atoms with Gasteiger partial charge in [0.05, 0.1) is 10.3 Å². The zero-order chi connectivity index (χ0) is 18.1. The van der Waals surface area contributed by atoms with Crippen LogP contribution in [0.1, 0.15) is 16.5 Å². The smallest absolute Gasteiger partial charge is 0.167 e. The molecule has 0 spiro atoms. The Labute approximate surface area is 160 Å². The van der Waals surface area contributed by atoms with Crippen LogP contribution in [0.25, 0.3) is 10.2 Å². The van der Waals surface area contributed by atoms with E-state index in [1.54, 1.807) is 17.7 Å². The molecule has 0 saturated heterocycles. The summed E-state index contributed by atoms with van der Waals surface area (Å²) in [5.41, 5.74) is 1.21. The average Bonchev–Trinajstić information content (AvgIpc) is 3.17. The lowest BCUT2D eigenvalue weighted by Crippen LogP contribution is -2.20. The third-order valence-electron chi connectivity index (χ3n) is 4.48. The van der Waals surface area contributed by atoms with Gasteiger partial charge < -0.3 is 14.8 Å². The molecule has 0 aliphatic carbocycles. The van der Waals surface area contributed by atoms with Gasteiger partial charge in [-0.15, -0.1) is 11.3 Å². The first-order chi connectivity index (χ1) is 13.4. The summed E-state index contributed by atoms with van der Waals surface area (Å²) in [5, 5.41) is 4.43. The Morgan fingerprint density at radius 2 is 1.81 bits per heavy atom. The second kappa shape index (κ2) is 6.89. The van der Waals surface area contributed by atoms with Crippen molar-refractivity contribution in [1.29, 1.82) is 0 Å². The van der Waals surface area contributed by atoms with Gasteiger partial charge >= 0.3 is 0 Å². The number of nitrogens with zero attached hydrogens (tertiary/aromatic N) is 2. The van der Waals surface area contributed by atoms with E-state index in [9.17, 15) is 0 Å². The highest BCUT2D eigenvalue weighted by Gasteiger charge is 2.24. The van der Waals surface area contributed by atoms with E-state index in [1.165, 1.54) is 5.56 Å². The predicted molar refractivity (Wildman–Crippen MR) is 106 cm³/mol. The normalized spacial score (nSPS) is 15.6. The highest BCUT2D eigenvalue weighted by Crippen LogP contribution is 2.39. The molecule has 2 aromatic carbocycles. The summed E-state index contributed by atoms with van der Waals surface area (Å²) in [6.07, 6.45) is 1.46. The number of anilines is 1. The molecule has 5 nitrogen and oxygen atoms in total. The molecule has 2 aromatic heterocycles. The highest BCUT2D eigenvalue weighted by molar-refractivity contribution is 7.18. The molecule has 6 heteroatoms. The van der Waals surface area contributed by atoms with Crippen molar-refractivity contribution < 1.29 is 9.47 Å². The monoisotopic (exact) mass is 375 g/mol. The molecule has 1 N–H and O–H groups in total. The predicted octanol–water partition coefficient (Wildman–Crippen LogP) is 4.82. The summed E-state index contributed by atoms with van der Waals surface area (Å²) < 4.78 is 12.0. The molecule has 0 bridgehead atoms. The summed E-state index contributed by atoms with van der Waals surface area (Å²) >= 11 is 1.62. The van der Waals surface area contributed by atoms with E-state index in [0.717, 1.165) is 32.4 Å². The molecule has 1 atom stereocenters. The Kier molecular flexibility index (Phi) is 4.10. The largest absolute Gasteiger partial charge is 0.485 e. The standard InChI is InChI=1S/C21H17N3O2S/c1-2-6-14(7-3-1)11-22-20-15-10-19(27-21(15)24-13-23-20)18-12-25-16-8-4-5-9-17(16)26-18/h1-10,13,18H,11-12H2,(H,22,23,24). The van der Waals surface area contributed by atoms with Crippen LogP contribution < -0.4 is 14.8 Å². The van der Waals surface area contributed by atoms with Crippen molar-refractivity contribution in [2.45, 2.75) is 12.6 Å². The van der Waals surface area contributed by atoms with E-state index in [-0.39, 0.29) is 6.10 Å². The van der Waals surface area contributed by atoms with Crippen molar-refractivity contribution in [3.63, 3.8) is 0 Å². The van der Waals surface area contributed by atoms with E-state index >= 15 is 0 Å². The first kappa shape index (κ1) is 16.1. The molecule has 1 unspecified atom stereocenters. The fraction of sp³-hybridized carbons (Fsp3) is 0.143. The summed E-state index contributed by atoms with van der Waals surface area (Å²) in [7, 11) is 0. The topological polar surface area (TPSA) is 56.3 Å². The van der Waals surface area contributed by atoms with Gasteiger partial charge in [0.15, 0.2) is 17.6 Å². The van der Waals surface area contributed by atoms with Crippen molar-refractivity contribution in [2.75, 3.05) is 11.9 Å². The Morgan fingerprint density at radius 3 is 2.70 bits per heavy atom. The lowest BCUT2D eigenvalue weighted by molar-refractivity contribution is 0.0938. The fourth-order valence-corrected chi connectivity index (χ4v) is 4.13. The minimum atomic E-state index is -0.138. The molecule has 4 aromatic rings. The van der Waals surface area contributed by atoms with Crippen LogP contribution in [0.5, 0.6) is 11.5 Å². The second-order valence-corrected chi connectivity index (χ2v) is 7.36. The SMILES string of the molecule is c1ccc(CNc2ncnc3sc(C4COc5ccccc5O4)cc23)cc1. The van der Waals surface area contributed by atoms with Crippen LogP contribution >= 0.6 is 11.3 Å². The van der Waals surface area contributed by atoms with Gasteiger partial charge in [0.25, 0.3) is 0 Å². The lowest BCUT2D eigenvalue weighted by Gasteiger charge is -2.25. The first-order valence-corrected chi connectivity index (χ1v) is 9.59. The van der Waals surface area contributed by atoms with E-state index in [4.69, 9.17) is 9.47 Å². The van der Waals surface area contributed by atoms with Gasteiger partial charge in [0.1, 0.15) is 23.6 Å². The number of rotatable bonds is 4. The fourth-order valence-electron chi connectivity index (χ4n) is 3.12. The van der Waals surface area contributed by atoms with Gasteiger partial charge in [0.2, 0.25) is 0 Å². The van der Waals surface area contributed by atoms with Crippen LogP contribution in [0.15, 0.2) is 67.0 Å². The number of thiophene rings is 1. The van der Waals surface area contributed by atoms with Gasteiger partial charge in [-0.25, -0.2) is 9.97 Å². The molecular formula is C21H17N3O2S. The van der Waals surface area contributed by atoms with Crippen LogP contribution in [0.2, 0.25) is 0 Å². The third kappa shape index (κ3) is 3.19. The summed E-state index contributed by atoms with van der Waals surface area (Å²) in [4.78, 5) is 10.9. The molecule has 0 fully saturated rings. The van der Waals surface area contributed by atoms with E-state index in [2.05, 4.69) is 33.5 Å². The molecule has 27 heavy (non-hydrogen) atoms. The van der Waals surface area contributed by atoms with Gasteiger partial charge in [-0.2, -0.15) is 0 Å². The number of nitrogens with one attached hydrogen (secondary N) is 1. The van der Waals surface area contributed by atoms with Crippen molar-refractivity contribution in [3.05, 3.63) is 77.4 Å². The summed E-state index contributed by atoms with van der Waals surface area (Å²) in [5.74, 6) is 2.41. The highest BCUT2D eigenvalue weighted by atomic mass is 32.1. The first-order valence-electron chi connectivity index (χ1n) is 8.77. The molecule has 1 aliphatic heterocycles.